The fourth-order valence-electron chi connectivity index (χ4n) is 8.18. The predicted octanol–water partition coefficient (Wildman–Crippen LogP) is 9.70. The molecular weight excluding hydrogens is 689 g/mol. The third kappa shape index (κ3) is 6.94. The standard InChI is InChI=1S/C50H43N4O2/c55-54(56)47-33-31-40(32-34-47)37-52-39-53(50(44-25-13-4-14-26-44,45-27-15-5-16-28-45)46-29-17-6-18-30-46)38-48(52)35-36-51-49(41-19-7-1-8-20-41,42-21-9-2-10-22-42)43-23-11-3-12-24-43/h1-34,38-39,51H,35-37H2/q+1. The molecule has 6 heteroatoms. The van der Waals surface area contributed by atoms with E-state index in [2.05, 4.69) is 209 Å². The van der Waals surface area contributed by atoms with Gasteiger partial charge in [-0.15, -0.1) is 0 Å². The van der Waals surface area contributed by atoms with Crippen molar-refractivity contribution in [1.29, 1.82) is 0 Å². The molecule has 0 spiro atoms. The number of nitro benzene ring substituents is 1. The minimum absolute atomic E-state index is 0.0797. The second-order valence-corrected chi connectivity index (χ2v) is 14.0. The molecule has 0 radical (unpaired) electrons. The Morgan fingerprint density at radius 2 is 0.893 bits per heavy atom. The van der Waals surface area contributed by atoms with E-state index in [1.165, 1.54) is 0 Å². The fraction of sp³-hybridized carbons (Fsp3) is 0.100. The van der Waals surface area contributed by atoms with Crippen LogP contribution in [0, 0.1) is 10.1 Å². The minimum atomic E-state index is -0.700. The first-order chi connectivity index (χ1) is 27.6. The number of non-ortho nitro benzene ring substituents is 1. The Labute approximate surface area is 328 Å². The average Bonchev–Trinajstić information content (AvgIpc) is 3.66. The average molecular weight is 732 g/mol. The van der Waals surface area contributed by atoms with E-state index in [4.69, 9.17) is 0 Å². The van der Waals surface area contributed by atoms with Gasteiger partial charge in [0.2, 0.25) is 6.33 Å². The number of benzene rings is 7. The summed E-state index contributed by atoms with van der Waals surface area (Å²) in [7, 11) is 0. The molecule has 0 fully saturated rings. The van der Waals surface area contributed by atoms with E-state index in [0.717, 1.165) is 44.6 Å². The van der Waals surface area contributed by atoms with Gasteiger partial charge in [-0.25, -0.2) is 9.13 Å². The highest BCUT2D eigenvalue weighted by atomic mass is 16.6. The molecule has 1 heterocycles. The summed E-state index contributed by atoms with van der Waals surface area (Å²) in [5, 5.41) is 15.6. The normalized spacial score (nSPS) is 11.6. The minimum Gasteiger partial charge on any atom is -0.300 e. The van der Waals surface area contributed by atoms with Gasteiger partial charge in [-0.1, -0.05) is 182 Å². The summed E-state index contributed by atoms with van der Waals surface area (Å²) >= 11 is 0. The molecule has 8 aromatic rings. The molecule has 0 aliphatic heterocycles. The van der Waals surface area contributed by atoms with Crippen LogP contribution in [0.1, 0.15) is 44.6 Å². The molecule has 0 aliphatic rings. The fourth-order valence-corrected chi connectivity index (χ4v) is 8.18. The molecule has 0 aliphatic carbocycles. The first kappa shape index (κ1) is 36.1. The molecule has 1 N–H and O–H groups in total. The molecule has 0 saturated heterocycles. The highest BCUT2D eigenvalue weighted by molar-refractivity contribution is 5.50. The number of rotatable bonds is 14. The number of nitrogens with zero attached hydrogens (tertiary/aromatic N) is 3. The maximum atomic E-state index is 11.5. The summed E-state index contributed by atoms with van der Waals surface area (Å²) in [5.41, 5.74) is 7.74. The van der Waals surface area contributed by atoms with Crippen molar-refractivity contribution >= 4 is 5.69 Å². The Balaban J connectivity index is 1.27. The van der Waals surface area contributed by atoms with Crippen LogP contribution in [0.4, 0.5) is 5.69 Å². The van der Waals surface area contributed by atoms with Gasteiger partial charge in [0.15, 0.2) is 5.54 Å². The van der Waals surface area contributed by atoms with Crippen LogP contribution >= 0.6 is 0 Å². The van der Waals surface area contributed by atoms with Crippen LogP contribution in [0.15, 0.2) is 219 Å². The summed E-state index contributed by atoms with van der Waals surface area (Å²) in [6.07, 6.45) is 5.20. The summed E-state index contributed by atoms with van der Waals surface area (Å²) in [6.45, 7) is 1.19. The number of nitro groups is 1. The van der Waals surface area contributed by atoms with Crippen LogP contribution < -0.4 is 9.88 Å². The Kier molecular flexibility index (Phi) is 10.5. The van der Waals surface area contributed by atoms with Gasteiger partial charge in [0.25, 0.3) is 5.69 Å². The number of nitrogens with one attached hydrogen (secondary N) is 1. The van der Waals surface area contributed by atoms with E-state index in [1.807, 2.05) is 12.1 Å². The molecule has 7 aromatic carbocycles. The predicted molar refractivity (Wildman–Crippen MR) is 222 cm³/mol. The van der Waals surface area contributed by atoms with E-state index >= 15 is 0 Å². The largest absolute Gasteiger partial charge is 0.300 e. The van der Waals surface area contributed by atoms with E-state index in [-0.39, 0.29) is 10.6 Å². The van der Waals surface area contributed by atoms with Crippen molar-refractivity contribution in [3.63, 3.8) is 0 Å². The van der Waals surface area contributed by atoms with Gasteiger partial charge in [0.1, 0.15) is 18.4 Å². The molecule has 56 heavy (non-hydrogen) atoms. The van der Waals surface area contributed by atoms with Crippen molar-refractivity contribution < 1.29 is 9.49 Å². The Hall–Kier alpha value is -6.89. The quantitative estimate of drug-likeness (QED) is 0.0525. The van der Waals surface area contributed by atoms with Crippen LogP contribution in [-0.4, -0.2) is 16.0 Å². The van der Waals surface area contributed by atoms with Crippen LogP contribution in [-0.2, 0) is 24.0 Å². The first-order valence-corrected chi connectivity index (χ1v) is 19.0. The molecule has 0 saturated carbocycles. The number of hydrogen-bond donors (Lipinski definition) is 1. The van der Waals surface area contributed by atoms with Gasteiger partial charge < -0.3 is 0 Å². The molecule has 6 nitrogen and oxygen atoms in total. The zero-order valence-electron chi connectivity index (χ0n) is 31.1. The highest BCUT2D eigenvalue weighted by Gasteiger charge is 2.44. The highest BCUT2D eigenvalue weighted by Crippen LogP contribution is 2.38. The maximum absolute atomic E-state index is 11.5. The van der Waals surface area contributed by atoms with Crippen molar-refractivity contribution in [3.8, 4) is 0 Å². The van der Waals surface area contributed by atoms with E-state index in [9.17, 15) is 10.1 Å². The van der Waals surface area contributed by atoms with Gasteiger partial charge in [-0.3, -0.25) is 15.4 Å². The number of aromatic nitrogens is 2. The molecule has 0 amide bonds. The van der Waals surface area contributed by atoms with Crippen LogP contribution in [0.5, 0.6) is 0 Å². The lowest BCUT2D eigenvalue weighted by atomic mass is 9.76. The van der Waals surface area contributed by atoms with Crippen molar-refractivity contribution in [2.24, 2.45) is 0 Å². The second kappa shape index (κ2) is 16.2. The van der Waals surface area contributed by atoms with Crippen molar-refractivity contribution in [3.05, 3.63) is 274 Å². The zero-order chi connectivity index (χ0) is 38.2. The van der Waals surface area contributed by atoms with Gasteiger partial charge in [0, 0.05) is 41.8 Å². The second-order valence-electron chi connectivity index (χ2n) is 14.0. The number of imidazole rings is 1. The summed E-state index contributed by atoms with van der Waals surface area (Å²) in [5.74, 6) is 0. The Bertz CT molecular complexity index is 2280. The molecule has 0 atom stereocenters. The smallest absolute Gasteiger partial charge is 0.269 e. The molecule has 1 aromatic heterocycles. The lowest BCUT2D eigenvalue weighted by molar-refractivity contribution is -0.734. The Morgan fingerprint density at radius 3 is 1.27 bits per heavy atom. The topological polar surface area (TPSA) is 64.0 Å². The molecule has 0 bridgehead atoms. The van der Waals surface area contributed by atoms with Gasteiger partial charge in [0.05, 0.1) is 10.5 Å². The lowest BCUT2D eigenvalue weighted by Gasteiger charge is -2.37. The summed E-state index contributed by atoms with van der Waals surface area (Å²) in [4.78, 5) is 11.2. The van der Waals surface area contributed by atoms with Gasteiger partial charge in [-0.2, -0.15) is 0 Å². The van der Waals surface area contributed by atoms with E-state index in [1.54, 1.807) is 12.1 Å². The first-order valence-electron chi connectivity index (χ1n) is 19.0. The SMILES string of the molecule is O=[N+]([O-])c1ccc(Cn2c[n+](C(c3ccccc3)(c3ccccc3)c3ccccc3)cc2CCNC(c2ccccc2)(c2ccccc2)c2ccccc2)cc1. The van der Waals surface area contributed by atoms with Crippen LogP contribution in [0.3, 0.4) is 0 Å². The zero-order valence-corrected chi connectivity index (χ0v) is 31.1. The molecule has 274 valence electrons. The summed E-state index contributed by atoms with van der Waals surface area (Å²) in [6, 6.07) is 70.9. The third-order valence-corrected chi connectivity index (χ3v) is 10.8. The number of hydrogen-bond acceptors (Lipinski definition) is 3. The molecule has 8 rings (SSSR count). The van der Waals surface area contributed by atoms with E-state index < -0.39 is 11.1 Å². The third-order valence-electron chi connectivity index (χ3n) is 10.8. The van der Waals surface area contributed by atoms with Crippen LogP contribution in [0.25, 0.3) is 0 Å². The van der Waals surface area contributed by atoms with E-state index in [0.29, 0.717) is 19.5 Å². The van der Waals surface area contributed by atoms with Gasteiger partial charge >= 0.3 is 0 Å². The maximum Gasteiger partial charge on any atom is 0.269 e. The Morgan fingerprint density at radius 1 is 0.518 bits per heavy atom. The molecule has 0 unspecified atom stereocenters. The monoisotopic (exact) mass is 731 g/mol. The van der Waals surface area contributed by atoms with Crippen LogP contribution in [0.2, 0.25) is 0 Å². The van der Waals surface area contributed by atoms with Crippen molar-refractivity contribution in [1.82, 2.24) is 9.88 Å². The van der Waals surface area contributed by atoms with Crippen molar-refractivity contribution in [2.45, 2.75) is 24.0 Å². The molecular formula is C50H43N4O2+. The van der Waals surface area contributed by atoms with Gasteiger partial charge in [-0.05, 0) is 34.4 Å². The lowest BCUT2D eigenvalue weighted by Crippen LogP contribution is -2.57. The summed E-state index contributed by atoms with van der Waals surface area (Å²) < 4.78 is 4.65. The van der Waals surface area contributed by atoms with Crippen molar-refractivity contribution in [2.75, 3.05) is 6.54 Å².